The number of aryl methyl sites for hydroxylation is 2. The number of rotatable bonds is 2. The van der Waals surface area contributed by atoms with Gasteiger partial charge in [-0.25, -0.2) is 4.79 Å². The molecule has 0 saturated heterocycles. The fourth-order valence-electron chi connectivity index (χ4n) is 1.86. The zero-order chi connectivity index (χ0) is 13.3. The maximum atomic E-state index is 11.9. The molecule has 1 aromatic carbocycles. The van der Waals surface area contributed by atoms with E-state index >= 15 is 0 Å². The van der Waals surface area contributed by atoms with Crippen molar-refractivity contribution in [3.8, 4) is 0 Å². The molecular weight excluding hydrogens is 294 g/mol. The molecule has 0 fully saturated rings. The lowest BCUT2D eigenvalue weighted by Crippen LogP contribution is -2.26. The van der Waals surface area contributed by atoms with Gasteiger partial charge in [-0.05, 0) is 47.5 Å². The zero-order valence-corrected chi connectivity index (χ0v) is 11.9. The molecule has 5 heteroatoms. The fraction of sp³-hybridized carbons (Fsp3) is 0.231. The van der Waals surface area contributed by atoms with Crippen LogP contribution in [0.25, 0.3) is 0 Å². The lowest BCUT2D eigenvalue weighted by atomic mass is 10.2. The van der Waals surface area contributed by atoms with E-state index in [4.69, 9.17) is 5.73 Å². The summed E-state index contributed by atoms with van der Waals surface area (Å²) >= 11 is 3.44. The molecule has 0 atom stereocenters. The summed E-state index contributed by atoms with van der Waals surface area (Å²) in [6.45, 7) is 4.18. The van der Waals surface area contributed by atoms with Gasteiger partial charge in [0.05, 0.1) is 6.54 Å². The highest BCUT2D eigenvalue weighted by atomic mass is 79.9. The lowest BCUT2D eigenvalue weighted by Gasteiger charge is -2.12. The second-order valence-corrected chi connectivity index (χ2v) is 5.02. The molecule has 1 heterocycles. The normalized spacial score (nSPS) is 10.6. The van der Waals surface area contributed by atoms with Crippen molar-refractivity contribution >= 4 is 21.6 Å². The predicted octanol–water partition coefficient (Wildman–Crippen LogP) is 2.25. The van der Waals surface area contributed by atoms with Gasteiger partial charge in [0.15, 0.2) is 0 Å². The molecule has 2 N–H and O–H groups in total. The Morgan fingerprint density at radius 2 is 2.11 bits per heavy atom. The van der Waals surface area contributed by atoms with E-state index in [2.05, 4.69) is 20.9 Å². The fourth-order valence-corrected chi connectivity index (χ4v) is 2.25. The van der Waals surface area contributed by atoms with Crippen molar-refractivity contribution < 1.29 is 0 Å². The van der Waals surface area contributed by atoms with Crippen LogP contribution in [0.5, 0.6) is 0 Å². The lowest BCUT2D eigenvalue weighted by molar-refractivity contribution is 0.692. The predicted molar refractivity (Wildman–Crippen MR) is 75.6 cm³/mol. The van der Waals surface area contributed by atoms with Crippen molar-refractivity contribution in [2.24, 2.45) is 0 Å². The van der Waals surface area contributed by atoms with Crippen LogP contribution in [0, 0.1) is 13.8 Å². The molecule has 0 saturated carbocycles. The van der Waals surface area contributed by atoms with Crippen molar-refractivity contribution in [1.29, 1.82) is 0 Å². The Balaban J connectivity index is 2.47. The van der Waals surface area contributed by atoms with Crippen LogP contribution >= 0.6 is 15.9 Å². The molecule has 0 radical (unpaired) electrons. The van der Waals surface area contributed by atoms with Crippen LogP contribution in [0.3, 0.4) is 0 Å². The monoisotopic (exact) mass is 307 g/mol. The summed E-state index contributed by atoms with van der Waals surface area (Å²) in [6.07, 6.45) is 0. The first kappa shape index (κ1) is 12.8. The quantitative estimate of drug-likeness (QED) is 0.866. The van der Waals surface area contributed by atoms with E-state index in [0.29, 0.717) is 12.2 Å². The first-order valence-corrected chi connectivity index (χ1v) is 6.36. The smallest absolute Gasteiger partial charge is 0.348 e. The van der Waals surface area contributed by atoms with Gasteiger partial charge in [-0.2, -0.15) is 4.98 Å². The molecule has 2 aromatic rings. The molecule has 0 aliphatic heterocycles. The third-order valence-electron chi connectivity index (χ3n) is 2.78. The number of nitrogens with zero attached hydrogens (tertiary/aromatic N) is 2. The van der Waals surface area contributed by atoms with E-state index < -0.39 is 0 Å². The van der Waals surface area contributed by atoms with Crippen molar-refractivity contribution in [2.45, 2.75) is 20.4 Å². The first-order valence-electron chi connectivity index (χ1n) is 5.57. The summed E-state index contributed by atoms with van der Waals surface area (Å²) in [7, 11) is 0. The minimum atomic E-state index is -0.234. The first-order chi connectivity index (χ1) is 8.49. The Morgan fingerprint density at radius 3 is 2.78 bits per heavy atom. The van der Waals surface area contributed by atoms with Gasteiger partial charge in [0, 0.05) is 21.5 Å². The summed E-state index contributed by atoms with van der Waals surface area (Å²) in [5, 5.41) is 0. The van der Waals surface area contributed by atoms with Crippen LogP contribution in [-0.2, 0) is 6.54 Å². The van der Waals surface area contributed by atoms with Crippen molar-refractivity contribution in [3.63, 3.8) is 0 Å². The molecule has 94 valence electrons. The maximum absolute atomic E-state index is 11.9. The van der Waals surface area contributed by atoms with Gasteiger partial charge < -0.3 is 5.73 Å². The van der Waals surface area contributed by atoms with Gasteiger partial charge in [0.2, 0.25) is 0 Å². The molecule has 0 unspecified atom stereocenters. The van der Waals surface area contributed by atoms with Gasteiger partial charge in [0.25, 0.3) is 0 Å². The molecule has 2 rings (SSSR count). The van der Waals surface area contributed by atoms with E-state index in [9.17, 15) is 4.79 Å². The molecular formula is C13H14BrN3O. The van der Waals surface area contributed by atoms with Gasteiger partial charge in [0.1, 0.15) is 0 Å². The third kappa shape index (κ3) is 2.46. The van der Waals surface area contributed by atoms with Crippen molar-refractivity contribution in [2.75, 3.05) is 5.73 Å². The highest BCUT2D eigenvalue weighted by Gasteiger charge is 2.07. The molecule has 0 amide bonds. The topological polar surface area (TPSA) is 60.9 Å². The van der Waals surface area contributed by atoms with Crippen molar-refractivity contribution in [3.05, 3.63) is 56.2 Å². The van der Waals surface area contributed by atoms with Crippen LogP contribution in [0.4, 0.5) is 5.69 Å². The summed E-state index contributed by atoms with van der Waals surface area (Å²) < 4.78 is 2.46. The SMILES string of the molecule is Cc1cc(C)n(Cc2cccc(N)c2Br)c(=O)n1. The molecule has 0 spiro atoms. The van der Waals surface area contributed by atoms with Crippen LogP contribution in [0.2, 0.25) is 0 Å². The van der Waals surface area contributed by atoms with E-state index in [-0.39, 0.29) is 5.69 Å². The van der Waals surface area contributed by atoms with Gasteiger partial charge in [-0.15, -0.1) is 0 Å². The van der Waals surface area contributed by atoms with Gasteiger partial charge in [-0.3, -0.25) is 4.57 Å². The van der Waals surface area contributed by atoms with Gasteiger partial charge >= 0.3 is 5.69 Å². The second kappa shape index (κ2) is 4.94. The molecule has 4 nitrogen and oxygen atoms in total. The number of halogens is 1. The Bertz CT molecular complexity index is 649. The summed E-state index contributed by atoms with van der Waals surface area (Å²) in [6, 6.07) is 7.52. The summed E-state index contributed by atoms with van der Waals surface area (Å²) in [5.74, 6) is 0. The average molecular weight is 308 g/mol. The number of aromatic nitrogens is 2. The second-order valence-electron chi connectivity index (χ2n) is 4.23. The number of nitrogens with two attached hydrogens (primary N) is 1. The average Bonchev–Trinajstić information content (AvgIpc) is 2.28. The number of anilines is 1. The number of nitrogen functional groups attached to an aromatic ring is 1. The van der Waals surface area contributed by atoms with Crippen molar-refractivity contribution in [1.82, 2.24) is 9.55 Å². The van der Waals surface area contributed by atoms with E-state index in [0.717, 1.165) is 21.4 Å². The van der Waals surface area contributed by atoms with E-state index in [1.54, 1.807) is 4.57 Å². The highest BCUT2D eigenvalue weighted by molar-refractivity contribution is 9.10. The Morgan fingerprint density at radius 1 is 1.39 bits per heavy atom. The Kier molecular flexibility index (Phi) is 3.52. The summed E-state index contributed by atoms with van der Waals surface area (Å²) in [4.78, 5) is 15.8. The van der Waals surface area contributed by atoms with Crippen LogP contribution in [-0.4, -0.2) is 9.55 Å². The van der Waals surface area contributed by atoms with Gasteiger partial charge in [-0.1, -0.05) is 12.1 Å². The molecule has 0 aliphatic carbocycles. The minimum Gasteiger partial charge on any atom is -0.398 e. The number of benzene rings is 1. The molecule has 18 heavy (non-hydrogen) atoms. The maximum Gasteiger partial charge on any atom is 0.348 e. The van der Waals surface area contributed by atoms with E-state index in [1.165, 1.54) is 0 Å². The Labute approximate surface area is 114 Å². The summed E-state index contributed by atoms with van der Waals surface area (Å²) in [5.41, 5.74) is 8.85. The molecule has 1 aromatic heterocycles. The number of hydrogen-bond donors (Lipinski definition) is 1. The highest BCUT2D eigenvalue weighted by Crippen LogP contribution is 2.24. The molecule has 0 aliphatic rings. The largest absolute Gasteiger partial charge is 0.398 e. The van der Waals surface area contributed by atoms with Crippen LogP contribution in [0.1, 0.15) is 17.0 Å². The number of hydrogen-bond acceptors (Lipinski definition) is 3. The minimum absolute atomic E-state index is 0.234. The Hall–Kier alpha value is -1.62. The van der Waals surface area contributed by atoms with Crippen LogP contribution in [0.15, 0.2) is 33.5 Å². The third-order valence-corrected chi connectivity index (χ3v) is 3.75. The standard InChI is InChI=1S/C13H14BrN3O/c1-8-6-9(2)17(13(18)16-8)7-10-4-3-5-11(15)12(10)14/h3-6H,7,15H2,1-2H3. The zero-order valence-electron chi connectivity index (χ0n) is 10.3. The van der Waals surface area contributed by atoms with E-state index in [1.807, 2.05) is 38.1 Å². The van der Waals surface area contributed by atoms with Crippen LogP contribution < -0.4 is 11.4 Å². The molecule has 0 bridgehead atoms.